The van der Waals surface area contributed by atoms with Crippen LogP contribution in [0.4, 0.5) is 5.82 Å². The predicted octanol–water partition coefficient (Wildman–Crippen LogP) is 2.99. The number of fused-ring (bicyclic) bond motifs is 1. The minimum absolute atomic E-state index is 0.645. The van der Waals surface area contributed by atoms with Gasteiger partial charge in [0, 0.05) is 25.2 Å². The Labute approximate surface area is 140 Å². The van der Waals surface area contributed by atoms with Crippen molar-refractivity contribution in [3.05, 3.63) is 53.2 Å². The van der Waals surface area contributed by atoms with Crippen LogP contribution in [0.1, 0.15) is 29.7 Å². The lowest BCUT2D eigenvalue weighted by Crippen LogP contribution is -2.20. The van der Waals surface area contributed by atoms with E-state index in [9.17, 15) is 4.21 Å². The van der Waals surface area contributed by atoms with Crippen LogP contribution in [0.25, 0.3) is 0 Å². The van der Waals surface area contributed by atoms with Gasteiger partial charge in [0.15, 0.2) is 0 Å². The van der Waals surface area contributed by atoms with E-state index < -0.39 is 11.0 Å². The summed E-state index contributed by atoms with van der Waals surface area (Å²) in [4.78, 5) is 5.53. The average molecular weight is 329 g/mol. The van der Waals surface area contributed by atoms with E-state index in [1.807, 2.05) is 31.2 Å². The Morgan fingerprint density at radius 3 is 3.04 bits per heavy atom. The minimum atomic E-state index is -1.17. The molecule has 0 bridgehead atoms. The summed E-state index contributed by atoms with van der Waals surface area (Å²) in [6.45, 7) is 3.65. The van der Waals surface area contributed by atoms with Gasteiger partial charge in [-0.15, -0.1) is 0 Å². The number of benzene rings is 1. The molecule has 0 spiro atoms. The zero-order valence-corrected chi connectivity index (χ0v) is 14.3. The van der Waals surface area contributed by atoms with Crippen LogP contribution in [-0.4, -0.2) is 22.3 Å². The van der Waals surface area contributed by atoms with Crippen molar-refractivity contribution < 1.29 is 4.21 Å². The quantitative estimate of drug-likeness (QED) is 0.887. The van der Waals surface area contributed by atoms with Crippen LogP contribution in [0, 0.1) is 6.92 Å². The van der Waals surface area contributed by atoms with Gasteiger partial charge in [-0.05, 0) is 55.5 Å². The standard InChI is InChI=1S/C18H23N3OS/c1-14-5-4-7-17(13-14)23(22)20-12-10-16-9-8-15-6-2-3-11-19-18(15)21-16/h4-5,7-9,13,20H,2-3,6,10-12H2,1H3,(H,19,21). The molecule has 122 valence electrons. The van der Waals surface area contributed by atoms with Crippen LogP contribution in [-0.2, 0) is 23.8 Å². The van der Waals surface area contributed by atoms with Gasteiger partial charge in [-0.25, -0.2) is 13.9 Å². The second-order valence-corrected chi connectivity index (χ2v) is 7.22. The molecule has 1 aliphatic rings. The maximum absolute atomic E-state index is 12.2. The molecule has 4 nitrogen and oxygen atoms in total. The molecule has 0 radical (unpaired) electrons. The van der Waals surface area contributed by atoms with Gasteiger partial charge in [-0.2, -0.15) is 0 Å². The van der Waals surface area contributed by atoms with Crippen LogP contribution >= 0.6 is 0 Å². The van der Waals surface area contributed by atoms with Crippen molar-refractivity contribution in [1.82, 2.24) is 9.71 Å². The molecular formula is C18H23N3OS. The van der Waals surface area contributed by atoms with E-state index in [0.717, 1.165) is 41.4 Å². The highest BCUT2D eigenvalue weighted by Crippen LogP contribution is 2.19. The SMILES string of the molecule is Cc1cccc(S(=O)NCCc2ccc3c(n2)NCCCC3)c1. The molecule has 0 saturated heterocycles. The van der Waals surface area contributed by atoms with Crippen molar-refractivity contribution >= 4 is 16.8 Å². The van der Waals surface area contributed by atoms with Gasteiger partial charge in [0.2, 0.25) is 0 Å². The topological polar surface area (TPSA) is 54.0 Å². The highest BCUT2D eigenvalue weighted by Gasteiger charge is 2.09. The molecule has 1 aromatic heterocycles. The van der Waals surface area contributed by atoms with Crippen molar-refractivity contribution in [2.24, 2.45) is 0 Å². The number of hydrogen-bond donors (Lipinski definition) is 2. The summed E-state index contributed by atoms with van der Waals surface area (Å²) in [5.74, 6) is 1.03. The Morgan fingerprint density at radius 1 is 1.26 bits per heavy atom. The van der Waals surface area contributed by atoms with Gasteiger partial charge in [-0.1, -0.05) is 18.2 Å². The number of aromatic nitrogens is 1. The van der Waals surface area contributed by atoms with Crippen LogP contribution in [0.5, 0.6) is 0 Å². The first-order chi connectivity index (χ1) is 11.2. The third kappa shape index (κ3) is 4.39. The lowest BCUT2D eigenvalue weighted by molar-refractivity contribution is 0.671. The summed E-state index contributed by atoms with van der Waals surface area (Å²) in [5, 5.41) is 3.41. The zero-order chi connectivity index (χ0) is 16.1. The molecule has 1 atom stereocenters. The van der Waals surface area contributed by atoms with Crippen LogP contribution in [0.3, 0.4) is 0 Å². The van der Waals surface area contributed by atoms with Gasteiger partial charge in [0.1, 0.15) is 16.8 Å². The Hall–Kier alpha value is -1.72. The number of pyridine rings is 1. The van der Waals surface area contributed by atoms with Crippen molar-refractivity contribution in [3.63, 3.8) is 0 Å². The number of rotatable bonds is 5. The van der Waals surface area contributed by atoms with Crippen LogP contribution < -0.4 is 10.0 Å². The monoisotopic (exact) mass is 329 g/mol. The molecule has 1 aliphatic heterocycles. The Bertz CT molecular complexity index is 702. The van der Waals surface area contributed by atoms with E-state index in [0.29, 0.717) is 6.54 Å². The van der Waals surface area contributed by atoms with Crippen molar-refractivity contribution in [1.29, 1.82) is 0 Å². The van der Waals surface area contributed by atoms with Gasteiger partial charge in [0.25, 0.3) is 0 Å². The average Bonchev–Trinajstić information content (AvgIpc) is 2.79. The molecule has 0 saturated carbocycles. The normalized spacial score (nSPS) is 15.3. The number of aryl methyl sites for hydroxylation is 2. The van der Waals surface area contributed by atoms with Gasteiger partial charge >= 0.3 is 0 Å². The van der Waals surface area contributed by atoms with Crippen molar-refractivity contribution in [3.8, 4) is 0 Å². The van der Waals surface area contributed by atoms with Gasteiger partial charge < -0.3 is 5.32 Å². The molecule has 5 heteroatoms. The Morgan fingerprint density at radius 2 is 2.17 bits per heavy atom. The summed E-state index contributed by atoms with van der Waals surface area (Å²) in [5.41, 5.74) is 3.46. The molecule has 23 heavy (non-hydrogen) atoms. The van der Waals surface area contributed by atoms with Crippen LogP contribution in [0.2, 0.25) is 0 Å². The molecule has 1 aromatic carbocycles. The van der Waals surface area contributed by atoms with Crippen molar-refractivity contribution in [2.45, 2.75) is 37.5 Å². The fourth-order valence-electron chi connectivity index (χ4n) is 2.76. The lowest BCUT2D eigenvalue weighted by Gasteiger charge is -2.09. The number of anilines is 1. The molecule has 3 rings (SSSR count). The molecule has 2 heterocycles. The molecular weight excluding hydrogens is 306 g/mol. The lowest BCUT2D eigenvalue weighted by atomic mass is 10.1. The molecule has 0 aliphatic carbocycles. The first-order valence-corrected chi connectivity index (χ1v) is 9.32. The first-order valence-electron chi connectivity index (χ1n) is 8.17. The fraction of sp³-hybridized carbons (Fsp3) is 0.389. The zero-order valence-electron chi connectivity index (χ0n) is 13.5. The number of nitrogens with one attached hydrogen (secondary N) is 2. The summed E-state index contributed by atoms with van der Waals surface area (Å²) >= 11 is 0. The summed E-state index contributed by atoms with van der Waals surface area (Å²) in [7, 11) is -1.17. The van der Waals surface area contributed by atoms with Crippen molar-refractivity contribution in [2.75, 3.05) is 18.4 Å². The summed E-state index contributed by atoms with van der Waals surface area (Å²) in [6, 6.07) is 12.0. The number of nitrogens with zero attached hydrogens (tertiary/aromatic N) is 1. The maximum Gasteiger partial charge on any atom is 0.129 e. The fourth-order valence-corrected chi connectivity index (χ4v) is 3.70. The molecule has 2 aromatic rings. The Balaban J connectivity index is 1.56. The van der Waals surface area contributed by atoms with E-state index in [1.165, 1.54) is 18.4 Å². The minimum Gasteiger partial charge on any atom is -0.370 e. The second kappa shape index (κ2) is 7.70. The maximum atomic E-state index is 12.2. The third-order valence-corrected chi connectivity index (χ3v) is 5.17. The largest absolute Gasteiger partial charge is 0.370 e. The predicted molar refractivity (Wildman–Crippen MR) is 95.0 cm³/mol. The van der Waals surface area contributed by atoms with E-state index in [2.05, 4.69) is 22.2 Å². The van der Waals surface area contributed by atoms with Crippen LogP contribution in [0.15, 0.2) is 41.3 Å². The molecule has 2 N–H and O–H groups in total. The van der Waals surface area contributed by atoms with E-state index >= 15 is 0 Å². The molecule has 1 unspecified atom stereocenters. The summed E-state index contributed by atoms with van der Waals surface area (Å²) < 4.78 is 15.3. The van der Waals surface area contributed by atoms with E-state index in [1.54, 1.807) is 0 Å². The highest BCUT2D eigenvalue weighted by atomic mass is 32.2. The third-order valence-electron chi connectivity index (χ3n) is 4.02. The molecule has 0 amide bonds. The smallest absolute Gasteiger partial charge is 0.129 e. The Kier molecular flexibility index (Phi) is 5.41. The van der Waals surface area contributed by atoms with E-state index in [-0.39, 0.29) is 0 Å². The second-order valence-electron chi connectivity index (χ2n) is 5.92. The first kappa shape index (κ1) is 16.1. The van der Waals surface area contributed by atoms with E-state index in [4.69, 9.17) is 4.98 Å². The highest BCUT2D eigenvalue weighted by molar-refractivity contribution is 7.83. The summed E-state index contributed by atoms with van der Waals surface area (Å²) in [6.07, 6.45) is 4.29. The number of hydrogen-bond acceptors (Lipinski definition) is 3. The van der Waals surface area contributed by atoms with Gasteiger partial charge in [-0.3, -0.25) is 0 Å². The molecule has 0 fully saturated rings. The van der Waals surface area contributed by atoms with Gasteiger partial charge in [0.05, 0.1) is 4.90 Å².